The maximum absolute atomic E-state index is 5.40. The Kier molecular flexibility index (Phi) is 2.22. The Bertz CT molecular complexity index is 221. The summed E-state index contributed by atoms with van der Waals surface area (Å²) in [6.45, 7) is 0. The summed E-state index contributed by atoms with van der Waals surface area (Å²) in [6.07, 6.45) is 0. The molecule has 1 aromatic rings. The van der Waals surface area contributed by atoms with Gasteiger partial charge in [0, 0.05) is 13.1 Å². The Morgan fingerprint density at radius 2 is 2.18 bits per heavy atom. The number of ether oxygens (including phenoxy) is 1. The predicted molar refractivity (Wildman–Crippen MR) is 41.2 cm³/mol. The molecule has 60 valence electrons. The van der Waals surface area contributed by atoms with Crippen LogP contribution in [0.15, 0.2) is 12.1 Å². The molecule has 0 saturated heterocycles. The zero-order chi connectivity index (χ0) is 8.27. The minimum Gasteiger partial charge on any atom is -0.480 e. The standard InChI is InChI=1S/C6H10N4O/c1-10(7)5-3-4-6(11-2)9-8-5/h3-4H,7H2,1-2H3. The van der Waals surface area contributed by atoms with Crippen molar-refractivity contribution < 1.29 is 4.74 Å². The first-order valence-electron chi connectivity index (χ1n) is 3.10. The molecule has 1 heterocycles. The van der Waals surface area contributed by atoms with Crippen LogP contribution in [-0.2, 0) is 0 Å². The molecule has 1 rings (SSSR count). The Labute approximate surface area is 64.8 Å². The van der Waals surface area contributed by atoms with E-state index in [0.29, 0.717) is 11.7 Å². The molecule has 11 heavy (non-hydrogen) atoms. The molecule has 0 bridgehead atoms. The molecule has 0 aliphatic rings. The van der Waals surface area contributed by atoms with E-state index in [4.69, 9.17) is 10.6 Å². The predicted octanol–water partition coefficient (Wildman–Crippen LogP) is -0.205. The highest BCUT2D eigenvalue weighted by Crippen LogP contribution is 2.07. The second-order valence-electron chi connectivity index (χ2n) is 2.04. The summed E-state index contributed by atoms with van der Waals surface area (Å²) in [4.78, 5) is 0. The van der Waals surface area contributed by atoms with E-state index in [1.54, 1.807) is 19.2 Å². The van der Waals surface area contributed by atoms with Gasteiger partial charge in [0.05, 0.1) is 7.11 Å². The number of hydrogen-bond donors (Lipinski definition) is 1. The van der Waals surface area contributed by atoms with Gasteiger partial charge in [-0.15, -0.1) is 10.2 Å². The Morgan fingerprint density at radius 1 is 1.45 bits per heavy atom. The first-order chi connectivity index (χ1) is 5.24. The van der Waals surface area contributed by atoms with Gasteiger partial charge in [0.1, 0.15) is 0 Å². The summed E-state index contributed by atoms with van der Waals surface area (Å²) in [6, 6.07) is 3.43. The molecule has 5 heteroatoms. The van der Waals surface area contributed by atoms with Gasteiger partial charge in [-0.05, 0) is 6.07 Å². The third-order valence-electron chi connectivity index (χ3n) is 1.20. The Morgan fingerprint density at radius 3 is 2.55 bits per heavy atom. The van der Waals surface area contributed by atoms with Crippen molar-refractivity contribution in [3.63, 3.8) is 0 Å². The SMILES string of the molecule is COc1ccc(N(C)N)nn1. The summed E-state index contributed by atoms with van der Waals surface area (Å²) in [5.74, 6) is 6.48. The van der Waals surface area contributed by atoms with Crippen LogP contribution in [0, 0.1) is 0 Å². The van der Waals surface area contributed by atoms with Crippen molar-refractivity contribution >= 4 is 5.82 Å². The largest absolute Gasteiger partial charge is 0.480 e. The summed E-state index contributed by atoms with van der Waals surface area (Å²) >= 11 is 0. The van der Waals surface area contributed by atoms with Crippen molar-refractivity contribution in [2.24, 2.45) is 5.84 Å². The molecule has 0 atom stereocenters. The van der Waals surface area contributed by atoms with E-state index in [-0.39, 0.29) is 0 Å². The minimum atomic E-state index is 0.482. The number of nitrogens with zero attached hydrogens (tertiary/aromatic N) is 3. The van der Waals surface area contributed by atoms with Gasteiger partial charge in [-0.25, -0.2) is 5.84 Å². The molecule has 0 aliphatic heterocycles. The Hall–Kier alpha value is -1.36. The molecule has 0 spiro atoms. The van der Waals surface area contributed by atoms with E-state index in [1.807, 2.05) is 0 Å². The van der Waals surface area contributed by atoms with E-state index in [9.17, 15) is 0 Å². The lowest BCUT2D eigenvalue weighted by atomic mass is 10.5. The van der Waals surface area contributed by atoms with E-state index in [0.717, 1.165) is 0 Å². The van der Waals surface area contributed by atoms with Crippen LogP contribution in [0.5, 0.6) is 5.88 Å². The summed E-state index contributed by atoms with van der Waals surface area (Å²) < 4.78 is 4.82. The van der Waals surface area contributed by atoms with Crippen molar-refractivity contribution in [2.75, 3.05) is 19.2 Å². The number of methoxy groups -OCH3 is 1. The van der Waals surface area contributed by atoms with Crippen LogP contribution in [0.1, 0.15) is 0 Å². The average Bonchev–Trinajstić information content (AvgIpc) is 2.05. The van der Waals surface area contributed by atoms with Gasteiger partial charge < -0.3 is 4.74 Å². The van der Waals surface area contributed by atoms with Crippen LogP contribution in [0.3, 0.4) is 0 Å². The van der Waals surface area contributed by atoms with Crippen molar-refractivity contribution in [1.82, 2.24) is 10.2 Å². The molecule has 1 aromatic heterocycles. The second-order valence-corrected chi connectivity index (χ2v) is 2.04. The van der Waals surface area contributed by atoms with E-state index in [1.165, 1.54) is 12.1 Å². The number of nitrogens with two attached hydrogens (primary N) is 1. The topological polar surface area (TPSA) is 64.3 Å². The maximum atomic E-state index is 5.40. The van der Waals surface area contributed by atoms with Crippen LogP contribution >= 0.6 is 0 Å². The highest BCUT2D eigenvalue weighted by Gasteiger charge is 1.97. The lowest BCUT2D eigenvalue weighted by Gasteiger charge is -2.08. The molecule has 2 N–H and O–H groups in total. The molecule has 0 aliphatic carbocycles. The zero-order valence-electron chi connectivity index (χ0n) is 6.48. The quantitative estimate of drug-likeness (QED) is 0.472. The van der Waals surface area contributed by atoms with Crippen LogP contribution in [-0.4, -0.2) is 24.4 Å². The summed E-state index contributed by atoms with van der Waals surface area (Å²) in [7, 11) is 3.23. The van der Waals surface area contributed by atoms with Gasteiger partial charge in [-0.3, -0.25) is 5.01 Å². The van der Waals surface area contributed by atoms with E-state index >= 15 is 0 Å². The maximum Gasteiger partial charge on any atom is 0.233 e. The Balaban J connectivity index is 2.83. The van der Waals surface area contributed by atoms with Crippen molar-refractivity contribution in [2.45, 2.75) is 0 Å². The number of hydrazine groups is 1. The molecular formula is C6H10N4O. The molecule has 0 unspecified atom stereocenters. The lowest BCUT2D eigenvalue weighted by molar-refractivity contribution is 0.392. The third-order valence-corrected chi connectivity index (χ3v) is 1.20. The van der Waals surface area contributed by atoms with Crippen LogP contribution in [0.2, 0.25) is 0 Å². The molecule has 0 saturated carbocycles. The molecule has 5 nitrogen and oxygen atoms in total. The van der Waals surface area contributed by atoms with Crippen molar-refractivity contribution in [3.8, 4) is 5.88 Å². The molecular weight excluding hydrogens is 144 g/mol. The first kappa shape index (κ1) is 7.74. The van der Waals surface area contributed by atoms with Gasteiger partial charge in [0.25, 0.3) is 0 Å². The highest BCUT2D eigenvalue weighted by atomic mass is 16.5. The van der Waals surface area contributed by atoms with Gasteiger partial charge >= 0.3 is 0 Å². The van der Waals surface area contributed by atoms with Gasteiger partial charge in [-0.1, -0.05) is 0 Å². The van der Waals surface area contributed by atoms with Gasteiger partial charge in [0.2, 0.25) is 5.88 Å². The summed E-state index contributed by atoms with van der Waals surface area (Å²) in [5.41, 5.74) is 0. The number of rotatable bonds is 2. The van der Waals surface area contributed by atoms with Gasteiger partial charge in [0.15, 0.2) is 5.82 Å². The fourth-order valence-electron chi connectivity index (χ4n) is 0.610. The van der Waals surface area contributed by atoms with E-state index in [2.05, 4.69) is 10.2 Å². The minimum absolute atomic E-state index is 0.482. The van der Waals surface area contributed by atoms with Crippen LogP contribution in [0.4, 0.5) is 5.82 Å². The summed E-state index contributed by atoms with van der Waals surface area (Å²) in [5, 5.41) is 8.88. The first-order valence-corrected chi connectivity index (χ1v) is 3.10. The normalized spacial score (nSPS) is 9.36. The zero-order valence-corrected chi connectivity index (χ0v) is 6.48. The lowest BCUT2D eigenvalue weighted by Crippen LogP contribution is -2.26. The highest BCUT2D eigenvalue weighted by molar-refractivity contribution is 5.34. The fraction of sp³-hybridized carbons (Fsp3) is 0.333. The second kappa shape index (κ2) is 3.16. The molecule has 0 aromatic carbocycles. The van der Waals surface area contributed by atoms with Crippen molar-refractivity contribution in [3.05, 3.63) is 12.1 Å². The average molecular weight is 154 g/mol. The van der Waals surface area contributed by atoms with Crippen LogP contribution < -0.4 is 15.6 Å². The molecule has 0 radical (unpaired) electrons. The van der Waals surface area contributed by atoms with E-state index < -0.39 is 0 Å². The fourth-order valence-corrected chi connectivity index (χ4v) is 0.610. The van der Waals surface area contributed by atoms with Gasteiger partial charge in [-0.2, -0.15) is 0 Å². The number of aromatic nitrogens is 2. The number of anilines is 1. The molecule has 0 amide bonds. The molecule has 0 fully saturated rings. The number of hydrogen-bond acceptors (Lipinski definition) is 5. The third kappa shape index (κ3) is 1.78. The monoisotopic (exact) mass is 154 g/mol. The van der Waals surface area contributed by atoms with Crippen molar-refractivity contribution in [1.29, 1.82) is 0 Å². The smallest absolute Gasteiger partial charge is 0.233 e. The van der Waals surface area contributed by atoms with Crippen LogP contribution in [0.25, 0.3) is 0 Å².